The third kappa shape index (κ3) is 3.96. The second-order valence-corrected chi connectivity index (χ2v) is 6.85. The van der Waals surface area contributed by atoms with E-state index < -0.39 is 0 Å². The number of rotatable bonds is 4. The summed E-state index contributed by atoms with van der Waals surface area (Å²) in [5, 5.41) is 6.99. The van der Waals surface area contributed by atoms with Gasteiger partial charge in [0.2, 0.25) is 0 Å². The Bertz CT molecular complexity index is 945. The Kier molecular flexibility index (Phi) is 5.19. The summed E-state index contributed by atoms with van der Waals surface area (Å²) in [6, 6.07) is 20.5. The van der Waals surface area contributed by atoms with Crippen LogP contribution < -0.4 is 5.32 Å². The van der Waals surface area contributed by atoms with E-state index in [-0.39, 0.29) is 17.9 Å². The molecule has 1 aromatic heterocycles. The van der Waals surface area contributed by atoms with Gasteiger partial charge in [-0.05, 0) is 25.0 Å². The molecule has 1 aliphatic heterocycles. The zero-order chi connectivity index (χ0) is 19.3. The highest BCUT2D eigenvalue weighted by Gasteiger charge is 2.26. The molecule has 4 rings (SSSR count). The molecule has 0 radical (unpaired) electrons. The maximum atomic E-state index is 12.7. The lowest BCUT2D eigenvalue weighted by molar-refractivity contribution is 0.0688. The van der Waals surface area contributed by atoms with Crippen molar-refractivity contribution < 1.29 is 14.1 Å². The van der Waals surface area contributed by atoms with Gasteiger partial charge in [-0.15, -0.1) is 0 Å². The molecule has 0 saturated carbocycles. The molecule has 1 fully saturated rings. The largest absolute Gasteiger partial charge is 0.355 e. The van der Waals surface area contributed by atoms with E-state index in [2.05, 4.69) is 10.5 Å². The molecule has 0 aliphatic carbocycles. The van der Waals surface area contributed by atoms with Gasteiger partial charge in [0.15, 0.2) is 11.5 Å². The van der Waals surface area contributed by atoms with Crippen LogP contribution in [0.3, 0.4) is 0 Å². The lowest BCUT2D eigenvalue weighted by Crippen LogP contribution is -2.46. The van der Waals surface area contributed by atoms with Crippen LogP contribution in [0.4, 0.5) is 0 Å². The first-order valence-corrected chi connectivity index (χ1v) is 9.38. The van der Waals surface area contributed by atoms with E-state index in [0.29, 0.717) is 42.9 Å². The van der Waals surface area contributed by atoms with Gasteiger partial charge in [-0.2, -0.15) is 0 Å². The van der Waals surface area contributed by atoms with Crippen LogP contribution in [0.2, 0.25) is 0 Å². The number of benzene rings is 2. The van der Waals surface area contributed by atoms with Crippen LogP contribution in [0.25, 0.3) is 11.3 Å². The second-order valence-electron chi connectivity index (χ2n) is 6.85. The summed E-state index contributed by atoms with van der Waals surface area (Å²) >= 11 is 0. The Labute approximate surface area is 163 Å². The minimum absolute atomic E-state index is 0.0638. The molecule has 0 bridgehead atoms. The van der Waals surface area contributed by atoms with Crippen LogP contribution in [0.1, 0.15) is 33.7 Å². The van der Waals surface area contributed by atoms with Crippen LogP contribution in [-0.4, -0.2) is 41.0 Å². The van der Waals surface area contributed by atoms with E-state index in [4.69, 9.17) is 4.52 Å². The van der Waals surface area contributed by atoms with Gasteiger partial charge in [-0.1, -0.05) is 53.7 Å². The fraction of sp³-hybridized carbons (Fsp3) is 0.227. The lowest BCUT2D eigenvalue weighted by atomic mass is 10.0. The Balaban J connectivity index is 1.33. The number of carbonyl (C=O) groups is 2. The standard InChI is InChI=1S/C22H21N3O3/c26-21(17-9-5-2-6-10-17)23-18-11-13-25(14-12-18)22(27)19-15-20(28-24-19)16-7-3-1-4-8-16/h1-10,15,18H,11-14H2,(H,23,26). The molecule has 6 nitrogen and oxygen atoms in total. The Morgan fingerprint density at radius 2 is 1.61 bits per heavy atom. The number of nitrogens with zero attached hydrogens (tertiary/aromatic N) is 2. The maximum absolute atomic E-state index is 12.7. The molecule has 2 amide bonds. The summed E-state index contributed by atoms with van der Waals surface area (Å²) in [6.07, 6.45) is 1.43. The second kappa shape index (κ2) is 8.08. The minimum atomic E-state index is -0.140. The zero-order valence-electron chi connectivity index (χ0n) is 15.4. The quantitative estimate of drug-likeness (QED) is 0.759. The van der Waals surface area contributed by atoms with Crippen molar-refractivity contribution in [1.82, 2.24) is 15.4 Å². The molecular formula is C22H21N3O3. The molecule has 1 N–H and O–H groups in total. The molecule has 142 valence electrons. The molecular weight excluding hydrogens is 354 g/mol. The van der Waals surface area contributed by atoms with Crippen molar-refractivity contribution in [2.45, 2.75) is 18.9 Å². The lowest BCUT2D eigenvalue weighted by Gasteiger charge is -2.31. The van der Waals surface area contributed by atoms with Crippen LogP contribution >= 0.6 is 0 Å². The van der Waals surface area contributed by atoms with Crippen molar-refractivity contribution >= 4 is 11.8 Å². The number of aromatic nitrogens is 1. The van der Waals surface area contributed by atoms with E-state index in [1.165, 1.54) is 0 Å². The summed E-state index contributed by atoms with van der Waals surface area (Å²) in [6.45, 7) is 1.15. The van der Waals surface area contributed by atoms with Gasteiger partial charge in [-0.25, -0.2) is 0 Å². The number of nitrogens with one attached hydrogen (secondary N) is 1. The summed E-state index contributed by atoms with van der Waals surface area (Å²) in [5.41, 5.74) is 1.85. The fourth-order valence-corrected chi connectivity index (χ4v) is 3.36. The van der Waals surface area contributed by atoms with Gasteiger partial charge in [-0.3, -0.25) is 9.59 Å². The maximum Gasteiger partial charge on any atom is 0.276 e. The average Bonchev–Trinajstić information content (AvgIpc) is 3.25. The monoisotopic (exact) mass is 375 g/mol. The van der Waals surface area contributed by atoms with Crippen LogP contribution in [-0.2, 0) is 0 Å². The van der Waals surface area contributed by atoms with E-state index in [9.17, 15) is 9.59 Å². The van der Waals surface area contributed by atoms with Gasteiger partial charge in [0.1, 0.15) is 0 Å². The van der Waals surface area contributed by atoms with Crippen molar-refractivity contribution in [3.05, 3.63) is 78.0 Å². The van der Waals surface area contributed by atoms with Crippen molar-refractivity contribution in [3.63, 3.8) is 0 Å². The van der Waals surface area contributed by atoms with Crippen LogP contribution in [0.5, 0.6) is 0 Å². The number of amides is 2. The van der Waals surface area contributed by atoms with Crippen LogP contribution in [0.15, 0.2) is 71.3 Å². The van der Waals surface area contributed by atoms with E-state index in [1.54, 1.807) is 23.1 Å². The summed E-state index contributed by atoms with van der Waals surface area (Å²) < 4.78 is 5.33. The third-order valence-electron chi connectivity index (χ3n) is 4.94. The van der Waals surface area contributed by atoms with Gasteiger partial charge in [0.05, 0.1) is 0 Å². The normalized spacial score (nSPS) is 14.6. The topological polar surface area (TPSA) is 75.4 Å². The fourth-order valence-electron chi connectivity index (χ4n) is 3.36. The first-order valence-electron chi connectivity index (χ1n) is 9.38. The van der Waals surface area contributed by atoms with E-state index in [1.807, 2.05) is 48.5 Å². The van der Waals surface area contributed by atoms with Gasteiger partial charge in [0, 0.05) is 36.3 Å². The molecule has 2 heterocycles. The molecule has 2 aromatic carbocycles. The molecule has 0 spiro atoms. The first kappa shape index (κ1) is 18.0. The molecule has 28 heavy (non-hydrogen) atoms. The first-order chi connectivity index (χ1) is 13.7. The molecule has 0 unspecified atom stereocenters. The van der Waals surface area contributed by atoms with Gasteiger partial charge in [0.25, 0.3) is 11.8 Å². The Morgan fingerprint density at radius 3 is 2.29 bits per heavy atom. The molecule has 1 aliphatic rings. The van der Waals surface area contributed by atoms with E-state index >= 15 is 0 Å². The SMILES string of the molecule is O=C(NC1CCN(C(=O)c2cc(-c3ccccc3)on2)CC1)c1ccccc1. The highest BCUT2D eigenvalue weighted by molar-refractivity contribution is 5.94. The van der Waals surface area contributed by atoms with Crippen LogP contribution in [0, 0.1) is 0 Å². The Hall–Kier alpha value is -3.41. The highest BCUT2D eigenvalue weighted by Crippen LogP contribution is 2.21. The number of hydrogen-bond acceptors (Lipinski definition) is 4. The predicted molar refractivity (Wildman–Crippen MR) is 105 cm³/mol. The summed E-state index contributed by atoms with van der Waals surface area (Å²) in [7, 11) is 0. The molecule has 0 atom stereocenters. The molecule has 1 saturated heterocycles. The van der Waals surface area contributed by atoms with Crippen molar-refractivity contribution in [2.24, 2.45) is 0 Å². The highest BCUT2D eigenvalue weighted by atomic mass is 16.5. The number of likely N-dealkylation sites (tertiary alicyclic amines) is 1. The van der Waals surface area contributed by atoms with Gasteiger partial charge >= 0.3 is 0 Å². The predicted octanol–water partition coefficient (Wildman–Crippen LogP) is 3.38. The van der Waals surface area contributed by atoms with E-state index in [0.717, 1.165) is 5.56 Å². The van der Waals surface area contributed by atoms with Crippen molar-refractivity contribution in [2.75, 3.05) is 13.1 Å². The smallest absolute Gasteiger partial charge is 0.276 e. The Morgan fingerprint density at radius 1 is 0.964 bits per heavy atom. The number of hydrogen-bond donors (Lipinski definition) is 1. The summed E-state index contributed by atoms with van der Waals surface area (Å²) in [4.78, 5) is 26.7. The van der Waals surface area contributed by atoms with Crippen molar-refractivity contribution in [3.8, 4) is 11.3 Å². The third-order valence-corrected chi connectivity index (χ3v) is 4.94. The zero-order valence-corrected chi connectivity index (χ0v) is 15.4. The van der Waals surface area contributed by atoms with Crippen molar-refractivity contribution in [1.29, 1.82) is 0 Å². The average molecular weight is 375 g/mol. The number of carbonyl (C=O) groups excluding carboxylic acids is 2. The summed E-state index contributed by atoms with van der Waals surface area (Å²) in [5.74, 6) is 0.363. The molecule has 3 aromatic rings. The van der Waals surface area contributed by atoms with Gasteiger partial charge < -0.3 is 14.7 Å². The minimum Gasteiger partial charge on any atom is -0.355 e. The number of piperidine rings is 1. The molecule has 6 heteroatoms.